The average Bonchev–Trinajstić information content (AvgIpc) is 2.59. The van der Waals surface area contributed by atoms with Crippen molar-refractivity contribution in [2.24, 2.45) is 5.10 Å². The van der Waals surface area contributed by atoms with Gasteiger partial charge in [-0.3, -0.25) is 4.79 Å². The van der Waals surface area contributed by atoms with E-state index in [0.717, 1.165) is 11.5 Å². The maximum absolute atomic E-state index is 11.4. The van der Waals surface area contributed by atoms with Crippen LogP contribution in [0.2, 0.25) is 0 Å². The summed E-state index contributed by atoms with van der Waals surface area (Å²) in [5.74, 6) is 0.998. The zero-order valence-corrected chi connectivity index (χ0v) is 10.0. The molecule has 0 aliphatic carbocycles. The van der Waals surface area contributed by atoms with Crippen molar-refractivity contribution in [1.82, 2.24) is 5.01 Å². The van der Waals surface area contributed by atoms with Crippen molar-refractivity contribution in [3.8, 4) is 0 Å². The molecule has 1 aliphatic heterocycles. The molecule has 0 saturated heterocycles. The molecule has 1 heterocycles. The first kappa shape index (κ1) is 11.2. The predicted octanol–water partition coefficient (Wildman–Crippen LogP) is 2.39. The molecule has 1 aromatic rings. The van der Waals surface area contributed by atoms with Crippen LogP contribution in [0.1, 0.15) is 13.3 Å². The standard InChI is InChI=1S/C12H14N2OS/c1-10-9-12(15)14(13-10)7-8-16-11-5-3-2-4-6-11/h2-6H,7-9H2,1H3. The molecule has 0 bridgehead atoms. The number of amides is 1. The second-order valence-corrected chi connectivity index (χ2v) is 4.86. The highest BCUT2D eigenvalue weighted by Gasteiger charge is 2.20. The lowest BCUT2D eigenvalue weighted by Crippen LogP contribution is -2.23. The first-order valence-electron chi connectivity index (χ1n) is 5.28. The van der Waals surface area contributed by atoms with Gasteiger partial charge in [0.25, 0.3) is 0 Å². The van der Waals surface area contributed by atoms with Crippen molar-refractivity contribution in [3.63, 3.8) is 0 Å². The summed E-state index contributed by atoms with van der Waals surface area (Å²) in [4.78, 5) is 12.7. The second-order valence-electron chi connectivity index (χ2n) is 3.69. The lowest BCUT2D eigenvalue weighted by Gasteiger charge is -2.10. The van der Waals surface area contributed by atoms with Crippen molar-refractivity contribution >= 4 is 23.4 Å². The summed E-state index contributed by atoms with van der Waals surface area (Å²) in [5.41, 5.74) is 0.912. The van der Waals surface area contributed by atoms with E-state index < -0.39 is 0 Å². The van der Waals surface area contributed by atoms with Gasteiger partial charge in [0.1, 0.15) is 0 Å². The van der Waals surface area contributed by atoms with Gasteiger partial charge < -0.3 is 0 Å². The number of nitrogens with zero attached hydrogens (tertiary/aromatic N) is 2. The Morgan fingerprint density at radius 2 is 2.12 bits per heavy atom. The van der Waals surface area contributed by atoms with Gasteiger partial charge in [-0.05, 0) is 19.1 Å². The molecular weight excluding hydrogens is 220 g/mol. The summed E-state index contributed by atoms with van der Waals surface area (Å²) < 4.78 is 0. The minimum Gasteiger partial charge on any atom is -0.273 e. The monoisotopic (exact) mass is 234 g/mol. The third-order valence-corrected chi connectivity index (χ3v) is 3.29. The molecule has 1 amide bonds. The van der Waals surface area contributed by atoms with Crippen LogP contribution < -0.4 is 0 Å². The molecule has 3 nitrogen and oxygen atoms in total. The summed E-state index contributed by atoms with van der Waals surface area (Å²) in [6.07, 6.45) is 0.482. The van der Waals surface area contributed by atoms with Gasteiger partial charge in [-0.15, -0.1) is 11.8 Å². The normalized spacial score (nSPS) is 15.4. The number of benzene rings is 1. The Labute approximate surface area is 99.5 Å². The SMILES string of the molecule is CC1=NN(CCSc2ccccc2)C(=O)C1. The maximum Gasteiger partial charge on any atom is 0.248 e. The maximum atomic E-state index is 11.4. The molecule has 0 unspecified atom stereocenters. The number of rotatable bonds is 4. The number of hydrazone groups is 1. The van der Waals surface area contributed by atoms with Crippen LogP contribution in [0.4, 0.5) is 0 Å². The first-order valence-corrected chi connectivity index (χ1v) is 6.26. The van der Waals surface area contributed by atoms with E-state index >= 15 is 0 Å². The van der Waals surface area contributed by atoms with Crippen molar-refractivity contribution in [2.75, 3.05) is 12.3 Å². The smallest absolute Gasteiger partial charge is 0.248 e. The van der Waals surface area contributed by atoms with Gasteiger partial charge in [0.2, 0.25) is 5.91 Å². The van der Waals surface area contributed by atoms with E-state index in [2.05, 4.69) is 17.2 Å². The molecule has 1 aliphatic rings. The highest BCUT2D eigenvalue weighted by Crippen LogP contribution is 2.18. The Hall–Kier alpha value is -1.29. The molecule has 0 aromatic heterocycles. The number of hydrogen-bond donors (Lipinski definition) is 0. The fourth-order valence-electron chi connectivity index (χ4n) is 1.55. The molecule has 0 atom stereocenters. The van der Waals surface area contributed by atoms with E-state index in [1.54, 1.807) is 16.8 Å². The Bertz CT molecular complexity index is 403. The molecule has 0 radical (unpaired) electrons. The molecule has 1 aromatic carbocycles. The van der Waals surface area contributed by atoms with Crippen LogP contribution >= 0.6 is 11.8 Å². The van der Waals surface area contributed by atoms with E-state index in [-0.39, 0.29) is 5.91 Å². The number of carbonyl (C=O) groups excluding carboxylic acids is 1. The van der Waals surface area contributed by atoms with Crippen molar-refractivity contribution in [2.45, 2.75) is 18.2 Å². The summed E-state index contributed by atoms with van der Waals surface area (Å²) in [6.45, 7) is 2.58. The van der Waals surface area contributed by atoms with E-state index in [4.69, 9.17) is 0 Å². The molecular formula is C12H14N2OS. The number of carbonyl (C=O) groups is 1. The first-order chi connectivity index (χ1) is 7.75. The van der Waals surface area contributed by atoms with Crippen LogP contribution in [0.3, 0.4) is 0 Å². The van der Waals surface area contributed by atoms with Gasteiger partial charge in [0.05, 0.1) is 13.0 Å². The van der Waals surface area contributed by atoms with Gasteiger partial charge >= 0.3 is 0 Å². The highest BCUT2D eigenvalue weighted by atomic mass is 32.2. The van der Waals surface area contributed by atoms with Gasteiger partial charge in [0.15, 0.2) is 0 Å². The van der Waals surface area contributed by atoms with Crippen LogP contribution in [-0.2, 0) is 4.79 Å². The predicted molar refractivity (Wildman–Crippen MR) is 66.6 cm³/mol. The lowest BCUT2D eigenvalue weighted by molar-refractivity contribution is -0.128. The van der Waals surface area contributed by atoms with Crippen LogP contribution in [0, 0.1) is 0 Å². The molecule has 16 heavy (non-hydrogen) atoms. The highest BCUT2D eigenvalue weighted by molar-refractivity contribution is 7.99. The zero-order chi connectivity index (χ0) is 11.4. The van der Waals surface area contributed by atoms with Gasteiger partial charge in [-0.1, -0.05) is 18.2 Å². The van der Waals surface area contributed by atoms with Gasteiger partial charge in [-0.25, -0.2) is 5.01 Å². The third kappa shape index (κ3) is 2.85. The molecule has 0 spiro atoms. The molecule has 0 N–H and O–H groups in total. The van der Waals surface area contributed by atoms with E-state index in [1.807, 2.05) is 25.1 Å². The Morgan fingerprint density at radius 1 is 1.38 bits per heavy atom. The summed E-state index contributed by atoms with van der Waals surface area (Å²) in [5, 5.41) is 5.76. The van der Waals surface area contributed by atoms with Crippen molar-refractivity contribution in [1.29, 1.82) is 0 Å². The zero-order valence-electron chi connectivity index (χ0n) is 9.22. The van der Waals surface area contributed by atoms with Gasteiger partial charge in [-0.2, -0.15) is 5.10 Å². The number of hydrogen-bond acceptors (Lipinski definition) is 3. The Morgan fingerprint density at radius 3 is 2.75 bits per heavy atom. The van der Waals surface area contributed by atoms with Crippen LogP contribution in [0.25, 0.3) is 0 Å². The molecule has 0 saturated carbocycles. The molecule has 84 valence electrons. The molecule has 2 rings (SSSR count). The Kier molecular flexibility index (Phi) is 3.62. The summed E-state index contributed by atoms with van der Waals surface area (Å²) >= 11 is 1.75. The van der Waals surface area contributed by atoms with Crippen molar-refractivity contribution in [3.05, 3.63) is 30.3 Å². The number of thioether (sulfide) groups is 1. The molecule has 4 heteroatoms. The second kappa shape index (κ2) is 5.16. The minimum atomic E-state index is 0.117. The van der Waals surface area contributed by atoms with Gasteiger partial charge in [0, 0.05) is 16.4 Å². The topological polar surface area (TPSA) is 32.7 Å². The lowest BCUT2D eigenvalue weighted by atomic mass is 10.3. The fourth-order valence-corrected chi connectivity index (χ4v) is 2.40. The largest absolute Gasteiger partial charge is 0.273 e. The van der Waals surface area contributed by atoms with Crippen LogP contribution in [0.5, 0.6) is 0 Å². The quantitative estimate of drug-likeness (QED) is 0.749. The van der Waals surface area contributed by atoms with E-state index in [9.17, 15) is 4.79 Å². The minimum absolute atomic E-state index is 0.117. The summed E-state index contributed by atoms with van der Waals surface area (Å²) in [6, 6.07) is 10.2. The molecule has 0 fully saturated rings. The van der Waals surface area contributed by atoms with E-state index in [0.29, 0.717) is 13.0 Å². The van der Waals surface area contributed by atoms with Crippen molar-refractivity contribution < 1.29 is 4.79 Å². The third-order valence-electron chi connectivity index (χ3n) is 2.30. The average molecular weight is 234 g/mol. The Balaban J connectivity index is 1.79. The van der Waals surface area contributed by atoms with Crippen LogP contribution in [-0.4, -0.2) is 28.9 Å². The van der Waals surface area contributed by atoms with E-state index in [1.165, 1.54) is 4.90 Å². The fraction of sp³-hybridized carbons (Fsp3) is 0.333. The van der Waals surface area contributed by atoms with Crippen LogP contribution in [0.15, 0.2) is 40.3 Å². The summed E-state index contributed by atoms with van der Waals surface area (Å²) in [7, 11) is 0.